The van der Waals surface area contributed by atoms with E-state index in [0.717, 1.165) is 16.7 Å². The SMILES string of the molecule is CC(=O)c1ccc(-c2ccc(CCC(F)F)cc2)cc1. The predicted molar refractivity (Wildman–Crippen MR) is 76.2 cm³/mol. The summed E-state index contributed by atoms with van der Waals surface area (Å²) in [5.41, 5.74) is 3.62. The van der Waals surface area contributed by atoms with Crippen LogP contribution < -0.4 is 0 Å². The predicted octanol–water partition coefficient (Wildman–Crippen LogP) is 4.75. The third-order valence-corrected chi connectivity index (χ3v) is 3.23. The average Bonchev–Trinajstić information content (AvgIpc) is 2.46. The number of aryl methyl sites for hydroxylation is 1. The highest BCUT2D eigenvalue weighted by molar-refractivity contribution is 5.94. The van der Waals surface area contributed by atoms with Crippen LogP contribution in [0, 0.1) is 0 Å². The van der Waals surface area contributed by atoms with Crippen molar-refractivity contribution in [1.29, 1.82) is 0 Å². The number of ketones is 1. The minimum absolute atomic E-state index is 0.0406. The zero-order valence-corrected chi connectivity index (χ0v) is 11.3. The number of hydrogen-bond acceptors (Lipinski definition) is 1. The molecule has 0 fully saturated rings. The third kappa shape index (κ3) is 3.73. The Morgan fingerprint density at radius 3 is 1.90 bits per heavy atom. The van der Waals surface area contributed by atoms with Crippen molar-refractivity contribution in [1.82, 2.24) is 0 Å². The Bertz CT molecular complexity index is 571. The molecule has 2 rings (SSSR count). The Hall–Kier alpha value is -2.03. The lowest BCUT2D eigenvalue weighted by Crippen LogP contribution is -1.94. The summed E-state index contributed by atoms with van der Waals surface area (Å²) in [5, 5.41) is 0. The van der Waals surface area contributed by atoms with Gasteiger partial charge in [0.05, 0.1) is 0 Å². The van der Waals surface area contributed by atoms with Crippen LogP contribution in [0.5, 0.6) is 0 Å². The van der Waals surface area contributed by atoms with E-state index in [-0.39, 0.29) is 12.2 Å². The Labute approximate surface area is 117 Å². The van der Waals surface area contributed by atoms with E-state index in [2.05, 4.69) is 0 Å². The van der Waals surface area contributed by atoms with E-state index in [1.165, 1.54) is 6.92 Å². The monoisotopic (exact) mass is 274 g/mol. The smallest absolute Gasteiger partial charge is 0.239 e. The van der Waals surface area contributed by atoms with Crippen molar-refractivity contribution in [2.45, 2.75) is 26.2 Å². The van der Waals surface area contributed by atoms with Gasteiger partial charge in [-0.15, -0.1) is 0 Å². The molecule has 0 aliphatic carbocycles. The van der Waals surface area contributed by atoms with Gasteiger partial charge in [-0.25, -0.2) is 8.78 Å². The molecule has 0 spiro atoms. The number of halogens is 2. The zero-order chi connectivity index (χ0) is 14.5. The van der Waals surface area contributed by atoms with Gasteiger partial charge in [0.2, 0.25) is 6.43 Å². The van der Waals surface area contributed by atoms with Gasteiger partial charge >= 0.3 is 0 Å². The summed E-state index contributed by atoms with van der Waals surface area (Å²) in [4.78, 5) is 11.2. The second-order valence-electron chi connectivity index (χ2n) is 4.76. The molecule has 0 heterocycles. The summed E-state index contributed by atoms with van der Waals surface area (Å²) in [5.74, 6) is 0.0406. The van der Waals surface area contributed by atoms with Gasteiger partial charge in [-0.2, -0.15) is 0 Å². The fourth-order valence-electron chi connectivity index (χ4n) is 2.04. The second kappa shape index (κ2) is 6.42. The number of alkyl halides is 2. The highest BCUT2D eigenvalue weighted by Crippen LogP contribution is 2.21. The molecule has 0 atom stereocenters. The maximum atomic E-state index is 12.1. The largest absolute Gasteiger partial charge is 0.295 e. The van der Waals surface area contributed by atoms with E-state index in [9.17, 15) is 13.6 Å². The molecular weight excluding hydrogens is 258 g/mol. The second-order valence-corrected chi connectivity index (χ2v) is 4.76. The standard InChI is InChI=1S/C17H16F2O/c1-12(20)14-7-9-16(10-8-14)15-5-2-13(3-6-15)4-11-17(18)19/h2-3,5-10,17H,4,11H2,1H3. The van der Waals surface area contributed by atoms with E-state index >= 15 is 0 Å². The van der Waals surface area contributed by atoms with Crippen molar-refractivity contribution in [3.63, 3.8) is 0 Å². The van der Waals surface area contributed by atoms with Gasteiger partial charge in [0, 0.05) is 12.0 Å². The molecule has 2 aromatic rings. The summed E-state index contributed by atoms with van der Waals surface area (Å²) < 4.78 is 24.3. The minimum Gasteiger partial charge on any atom is -0.295 e. The Morgan fingerprint density at radius 2 is 1.45 bits per heavy atom. The van der Waals surface area contributed by atoms with Gasteiger partial charge in [-0.05, 0) is 30.0 Å². The van der Waals surface area contributed by atoms with Crippen LogP contribution in [0.2, 0.25) is 0 Å². The summed E-state index contributed by atoms with van der Waals surface area (Å²) in [6.07, 6.45) is -1.97. The number of carbonyl (C=O) groups excluding carboxylic acids is 1. The molecule has 0 unspecified atom stereocenters. The molecule has 0 bridgehead atoms. The molecule has 2 aromatic carbocycles. The molecule has 0 saturated heterocycles. The topological polar surface area (TPSA) is 17.1 Å². The van der Waals surface area contributed by atoms with E-state index in [0.29, 0.717) is 12.0 Å². The van der Waals surface area contributed by atoms with E-state index < -0.39 is 6.43 Å². The first-order chi connectivity index (χ1) is 9.56. The molecule has 0 aliphatic heterocycles. The van der Waals surface area contributed by atoms with Gasteiger partial charge in [-0.1, -0.05) is 48.5 Å². The quantitative estimate of drug-likeness (QED) is 0.719. The number of hydrogen-bond donors (Lipinski definition) is 0. The number of benzene rings is 2. The van der Waals surface area contributed by atoms with Crippen molar-refractivity contribution >= 4 is 5.78 Å². The lowest BCUT2D eigenvalue weighted by Gasteiger charge is -2.05. The molecule has 0 N–H and O–H groups in total. The molecule has 1 nitrogen and oxygen atoms in total. The number of rotatable bonds is 5. The van der Waals surface area contributed by atoms with E-state index in [4.69, 9.17) is 0 Å². The molecule has 3 heteroatoms. The Morgan fingerprint density at radius 1 is 0.950 bits per heavy atom. The van der Waals surface area contributed by atoms with Gasteiger partial charge in [0.1, 0.15) is 0 Å². The molecule has 0 radical (unpaired) electrons. The third-order valence-electron chi connectivity index (χ3n) is 3.23. The van der Waals surface area contributed by atoms with Crippen LogP contribution >= 0.6 is 0 Å². The fraction of sp³-hybridized carbons (Fsp3) is 0.235. The average molecular weight is 274 g/mol. The first kappa shape index (κ1) is 14.4. The molecule has 104 valence electrons. The molecule has 0 saturated carbocycles. The summed E-state index contributed by atoms with van der Waals surface area (Å²) >= 11 is 0. The first-order valence-corrected chi connectivity index (χ1v) is 6.55. The number of carbonyl (C=O) groups is 1. The first-order valence-electron chi connectivity index (χ1n) is 6.55. The van der Waals surface area contributed by atoms with Gasteiger partial charge in [0.25, 0.3) is 0 Å². The summed E-state index contributed by atoms with van der Waals surface area (Å²) in [6.45, 7) is 1.53. The lowest BCUT2D eigenvalue weighted by atomic mass is 10.0. The number of Topliss-reactive ketones (excluding diaryl/α,β-unsaturated/α-hetero) is 1. The fourth-order valence-corrected chi connectivity index (χ4v) is 2.04. The van der Waals surface area contributed by atoms with Gasteiger partial charge in [0.15, 0.2) is 5.78 Å². The summed E-state index contributed by atoms with van der Waals surface area (Å²) in [6, 6.07) is 15.0. The molecule has 0 aliphatic rings. The summed E-state index contributed by atoms with van der Waals surface area (Å²) in [7, 11) is 0. The van der Waals surface area contributed by atoms with Gasteiger partial charge in [-0.3, -0.25) is 4.79 Å². The zero-order valence-electron chi connectivity index (χ0n) is 11.3. The van der Waals surface area contributed by atoms with Crippen LogP contribution in [0.25, 0.3) is 11.1 Å². The van der Waals surface area contributed by atoms with Crippen LogP contribution in [-0.4, -0.2) is 12.2 Å². The molecule has 20 heavy (non-hydrogen) atoms. The van der Waals surface area contributed by atoms with Crippen molar-refractivity contribution in [2.75, 3.05) is 0 Å². The lowest BCUT2D eigenvalue weighted by molar-refractivity contribution is 0.101. The maximum Gasteiger partial charge on any atom is 0.239 e. The minimum atomic E-state index is -2.26. The van der Waals surface area contributed by atoms with Crippen LogP contribution in [0.15, 0.2) is 48.5 Å². The van der Waals surface area contributed by atoms with Crippen molar-refractivity contribution in [3.8, 4) is 11.1 Å². The van der Waals surface area contributed by atoms with Crippen molar-refractivity contribution in [2.24, 2.45) is 0 Å². The molecular formula is C17H16F2O. The Kier molecular flexibility index (Phi) is 4.61. The van der Waals surface area contributed by atoms with Crippen molar-refractivity contribution in [3.05, 3.63) is 59.7 Å². The van der Waals surface area contributed by atoms with Gasteiger partial charge < -0.3 is 0 Å². The van der Waals surface area contributed by atoms with E-state index in [1.54, 1.807) is 12.1 Å². The molecule has 0 aromatic heterocycles. The molecule has 0 amide bonds. The van der Waals surface area contributed by atoms with Crippen molar-refractivity contribution < 1.29 is 13.6 Å². The highest BCUT2D eigenvalue weighted by Gasteiger charge is 2.04. The maximum absolute atomic E-state index is 12.1. The van der Waals surface area contributed by atoms with E-state index in [1.807, 2.05) is 36.4 Å². The van der Waals surface area contributed by atoms with Crippen LogP contribution in [0.1, 0.15) is 29.3 Å². The Balaban J connectivity index is 2.11. The highest BCUT2D eigenvalue weighted by atomic mass is 19.3. The normalized spacial score (nSPS) is 10.8. The van der Waals surface area contributed by atoms with Crippen LogP contribution in [0.4, 0.5) is 8.78 Å². The van der Waals surface area contributed by atoms with Crippen LogP contribution in [-0.2, 0) is 6.42 Å². The van der Waals surface area contributed by atoms with Crippen LogP contribution in [0.3, 0.4) is 0 Å².